The molecular weight excluding hydrogens is 394 g/mol. The summed E-state index contributed by atoms with van der Waals surface area (Å²) in [5.41, 5.74) is 1.19. The summed E-state index contributed by atoms with van der Waals surface area (Å²) in [6.45, 7) is 9.14. The quantitative estimate of drug-likeness (QED) is 0.398. The first kappa shape index (κ1) is 23.0. The van der Waals surface area contributed by atoms with Crippen molar-refractivity contribution in [2.75, 3.05) is 46.1 Å². The van der Waals surface area contributed by atoms with Crippen LogP contribution in [0.25, 0.3) is 0 Å². The van der Waals surface area contributed by atoms with Crippen molar-refractivity contribution in [2.45, 2.75) is 33.1 Å². The molecule has 0 bridgehead atoms. The highest BCUT2D eigenvalue weighted by molar-refractivity contribution is 5.79. The maximum Gasteiger partial charge on any atom is 0.191 e. The Hall–Kier alpha value is -2.67. The predicted molar refractivity (Wildman–Crippen MR) is 122 cm³/mol. The molecule has 31 heavy (non-hydrogen) atoms. The molecule has 170 valence electrons. The molecule has 2 aromatic rings. The molecule has 0 aliphatic carbocycles. The molecule has 2 N–H and O–H groups in total. The SMILES string of the molecule is CCOc1ccc(CCNC(=NCC2CCOC2)NCCc2ccco2)cc1OCC. The fourth-order valence-corrected chi connectivity index (χ4v) is 3.46. The number of benzene rings is 1. The van der Waals surface area contributed by atoms with E-state index in [0.29, 0.717) is 19.1 Å². The molecule has 0 saturated carbocycles. The molecular formula is C24H35N3O4. The van der Waals surface area contributed by atoms with Crippen LogP contribution in [0.3, 0.4) is 0 Å². The van der Waals surface area contributed by atoms with Gasteiger partial charge in [0.2, 0.25) is 0 Å². The van der Waals surface area contributed by atoms with Gasteiger partial charge in [-0.15, -0.1) is 0 Å². The Morgan fingerprint density at radius 2 is 1.87 bits per heavy atom. The molecule has 1 fully saturated rings. The highest BCUT2D eigenvalue weighted by Crippen LogP contribution is 2.28. The van der Waals surface area contributed by atoms with Crippen molar-refractivity contribution in [3.8, 4) is 11.5 Å². The smallest absolute Gasteiger partial charge is 0.191 e. The summed E-state index contributed by atoms with van der Waals surface area (Å²) in [7, 11) is 0. The predicted octanol–water partition coefficient (Wildman–Crippen LogP) is 3.43. The van der Waals surface area contributed by atoms with Crippen molar-refractivity contribution in [3.05, 3.63) is 47.9 Å². The van der Waals surface area contributed by atoms with E-state index in [4.69, 9.17) is 23.6 Å². The molecule has 1 aromatic carbocycles. The van der Waals surface area contributed by atoms with Gasteiger partial charge in [0.25, 0.3) is 0 Å². The number of nitrogens with zero attached hydrogens (tertiary/aromatic N) is 1. The second kappa shape index (κ2) is 12.9. The number of hydrogen-bond acceptors (Lipinski definition) is 5. The number of ether oxygens (including phenoxy) is 3. The lowest BCUT2D eigenvalue weighted by molar-refractivity contribution is 0.187. The molecule has 1 aliphatic heterocycles. The van der Waals surface area contributed by atoms with Gasteiger partial charge in [0.15, 0.2) is 17.5 Å². The highest BCUT2D eigenvalue weighted by atomic mass is 16.5. The van der Waals surface area contributed by atoms with Gasteiger partial charge in [0, 0.05) is 38.6 Å². The van der Waals surface area contributed by atoms with Crippen LogP contribution in [0.4, 0.5) is 0 Å². The first-order valence-electron chi connectivity index (χ1n) is 11.3. The van der Waals surface area contributed by atoms with Gasteiger partial charge in [0.05, 0.1) is 26.1 Å². The van der Waals surface area contributed by atoms with E-state index in [1.807, 2.05) is 32.0 Å². The topological polar surface area (TPSA) is 77.2 Å². The summed E-state index contributed by atoms with van der Waals surface area (Å²) in [5, 5.41) is 6.88. The lowest BCUT2D eigenvalue weighted by atomic mass is 10.1. The van der Waals surface area contributed by atoms with E-state index in [2.05, 4.69) is 22.8 Å². The van der Waals surface area contributed by atoms with Crippen molar-refractivity contribution in [1.29, 1.82) is 0 Å². The Morgan fingerprint density at radius 1 is 1.06 bits per heavy atom. The molecule has 1 atom stereocenters. The molecule has 0 amide bonds. The van der Waals surface area contributed by atoms with Crippen LogP contribution >= 0.6 is 0 Å². The molecule has 1 unspecified atom stereocenters. The van der Waals surface area contributed by atoms with Crippen molar-refractivity contribution in [1.82, 2.24) is 10.6 Å². The molecule has 2 heterocycles. The maximum atomic E-state index is 5.74. The number of guanidine groups is 1. The van der Waals surface area contributed by atoms with Gasteiger partial charge in [-0.25, -0.2) is 0 Å². The zero-order chi connectivity index (χ0) is 21.7. The summed E-state index contributed by atoms with van der Waals surface area (Å²) in [6, 6.07) is 10.0. The number of nitrogens with one attached hydrogen (secondary N) is 2. The standard InChI is InChI=1S/C24H35N3O4/c1-3-29-22-8-7-19(16-23(22)30-4-2)9-12-25-24(27-17-20-11-15-28-18-20)26-13-10-21-6-5-14-31-21/h5-8,14,16,20H,3-4,9-13,15,17-18H2,1-2H3,(H2,25,26,27). The number of rotatable bonds is 12. The molecule has 0 spiro atoms. The minimum atomic E-state index is 0.503. The van der Waals surface area contributed by atoms with Gasteiger partial charge in [-0.05, 0) is 56.5 Å². The normalized spacial score (nSPS) is 16.3. The van der Waals surface area contributed by atoms with Crippen LogP contribution in [0, 0.1) is 5.92 Å². The van der Waals surface area contributed by atoms with Gasteiger partial charge in [-0.1, -0.05) is 6.07 Å². The number of aliphatic imine (C=N–C) groups is 1. The Balaban J connectivity index is 1.53. The number of hydrogen-bond donors (Lipinski definition) is 2. The second-order valence-corrected chi connectivity index (χ2v) is 7.50. The Morgan fingerprint density at radius 3 is 2.58 bits per heavy atom. The third kappa shape index (κ3) is 7.83. The monoisotopic (exact) mass is 429 g/mol. The van der Waals surface area contributed by atoms with Crippen molar-refractivity contribution >= 4 is 5.96 Å². The van der Waals surface area contributed by atoms with Crippen LogP contribution < -0.4 is 20.1 Å². The van der Waals surface area contributed by atoms with Crippen molar-refractivity contribution in [2.24, 2.45) is 10.9 Å². The molecule has 1 aliphatic rings. The van der Waals surface area contributed by atoms with E-state index in [1.165, 1.54) is 5.56 Å². The molecule has 1 saturated heterocycles. The lowest BCUT2D eigenvalue weighted by Crippen LogP contribution is -2.39. The zero-order valence-corrected chi connectivity index (χ0v) is 18.7. The average Bonchev–Trinajstić information content (AvgIpc) is 3.48. The van der Waals surface area contributed by atoms with E-state index in [0.717, 1.165) is 75.3 Å². The van der Waals surface area contributed by atoms with Crippen molar-refractivity contribution < 1.29 is 18.6 Å². The minimum Gasteiger partial charge on any atom is -0.490 e. The first-order valence-corrected chi connectivity index (χ1v) is 11.3. The van der Waals surface area contributed by atoms with Gasteiger partial charge in [0.1, 0.15) is 5.76 Å². The van der Waals surface area contributed by atoms with E-state index in [-0.39, 0.29) is 0 Å². The summed E-state index contributed by atoms with van der Waals surface area (Å²) >= 11 is 0. The van der Waals surface area contributed by atoms with E-state index in [9.17, 15) is 0 Å². The van der Waals surface area contributed by atoms with Gasteiger partial charge < -0.3 is 29.3 Å². The van der Waals surface area contributed by atoms with Gasteiger partial charge in [-0.2, -0.15) is 0 Å². The molecule has 7 nitrogen and oxygen atoms in total. The first-order chi connectivity index (χ1) is 15.3. The summed E-state index contributed by atoms with van der Waals surface area (Å²) < 4.78 is 22.3. The fraction of sp³-hybridized carbons (Fsp3) is 0.542. The molecule has 1 aromatic heterocycles. The van der Waals surface area contributed by atoms with Crippen LogP contribution in [-0.2, 0) is 17.6 Å². The van der Waals surface area contributed by atoms with Gasteiger partial charge in [-0.3, -0.25) is 4.99 Å². The summed E-state index contributed by atoms with van der Waals surface area (Å²) in [6.07, 6.45) is 4.46. The zero-order valence-electron chi connectivity index (χ0n) is 18.7. The Bertz CT molecular complexity index is 786. The third-order valence-corrected chi connectivity index (χ3v) is 5.09. The van der Waals surface area contributed by atoms with E-state index < -0.39 is 0 Å². The summed E-state index contributed by atoms with van der Waals surface area (Å²) in [4.78, 5) is 4.78. The fourth-order valence-electron chi connectivity index (χ4n) is 3.46. The summed E-state index contributed by atoms with van der Waals surface area (Å²) in [5.74, 6) is 3.89. The second-order valence-electron chi connectivity index (χ2n) is 7.50. The van der Waals surface area contributed by atoms with Gasteiger partial charge >= 0.3 is 0 Å². The highest BCUT2D eigenvalue weighted by Gasteiger charge is 2.15. The van der Waals surface area contributed by atoms with Crippen LogP contribution in [0.15, 0.2) is 46.0 Å². The minimum absolute atomic E-state index is 0.503. The number of furan rings is 1. The molecule has 0 radical (unpaired) electrons. The lowest BCUT2D eigenvalue weighted by Gasteiger charge is -2.15. The Labute approximate surface area is 185 Å². The average molecular weight is 430 g/mol. The van der Waals surface area contributed by atoms with Crippen LogP contribution in [-0.4, -0.2) is 52.0 Å². The van der Waals surface area contributed by atoms with E-state index >= 15 is 0 Å². The largest absolute Gasteiger partial charge is 0.490 e. The van der Waals surface area contributed by atoms with Crippen LogP contribution in [0.2, 0.25) is 0 Å². The van der Waals surface area contributed by atoms with Crippen LogP contribution in [0.1, 0.15) is 31.6 Å². The van der Waals surface area contributed by atoms with E-state index in [1.54, 1.807) is 6.26 Å². The Kier molecular flexibility index (Phi) is 9.57. The third-order valence-electron chi connectivity index (χ3n) is 5.09. The maximum absolute atomic E-state index is 5.74. The molecule has 3 rings (SSSR count). The molecule has 7 heteroatoms. The van der Waals surface area contributed by atoms with Crippen LogP contribution in [0.5, 0.6) is 11.5 Å². The van der Waals surface area contributed by atoms with Crippen molar-refractivity contribution in [3.63, 3.8) is 0 Å².